The number of aromatic nitrogens is 2. The molecule has 0 radical (unpaired) electrons. The Morgan fingerprint density at radius 1 is 1.60 bits per heavy atom. The second-order valence-electron chi connectivity index (χ2n) is 4.14. The zero-order chi connectivity index (χ0) is 10.7. The zero-order valence-electron chi connectivity index (χ0n) is 9.19. The van der Waals surface area contributed by atoms with E-state index < -0.39 is 0 Å². The third-order valence-corrected chi connectivity index (χ3v) is 2.80. The largest absolute Gasteiger partial charge is 0.389 e. The fraction of sp³-hybridized carbons (Fsp3) is 0.583. The Bertz CT molecular complexity index is 354. The normalized spacial score (nSPS) is 21.5. The molecule has 3 nitrogen and oxygen atoms in total. The second kappa shape index (κ2) is 4.62. The average molecular weight is 206 g/mol. The van der Waals surface area contributed by atoms with Crippen LogP contribution in [-0.4, -0.2) is 21.0 Å². The van der Waals surface area contributed by atoms with E-state index in [2.05, 4.69) is 18.2 Å². The number of rotatable bonds is 3. The van der Waals surface area contributed by atoms with Crippen molar-refractivity contribution in [2.45, 2.75) is 45.3 Å². The van der Waals surface area contributed by atoms with Gasteiger partial charge in [0.2, 0.25) is 0 Å². The van der Waals surface area contributed by atoms with Crippen LogP contribution in [0.15, 0.2) is 18.5 Å². The first kappa shape index (κ1) is 10.4. The molecule has 0 bridgehead atoms. The van der Waals surface area contributed by atoms with Crippen molar-refractivity contribution in [1.29, 1.82) is 0 Å². The van der Waals surface area contributed by atoms with E-state index in [1.807, 2.05) is 17.0 Å². The van der Waals surface area contributed by atoms with Gasteiger partial charge < -0.3 is 5.11 Å². The maximum atomic E-state index is 9.55. The van der Waals surface area contributed by atoms with Gasteiger partial charge in [0.15, 0.2) is 0 Å². The van der Waals surface area contributed by atoms with E-state index in [1.54, 1.807) is 0 Å². The standard InChI is InChI=1S/C12H18N2O/c1-2-6-14-9-11(8-13-14)10-4-3-5-12(15)7-10/h7-9,12,15H,2-6H2,1H3. The Labute approximate surface area is 90.4 Å². The smallest absolute Gasteiger partial charge is 0.0726 e. The Morgan fingerprint density at radius 2 is 2.47 bits per heavy atom. The highest BCUT2D eigenvalue weighted by Gasteiger charge is 2.13. The van der Waals surface area contributed by atoms with E-state index in [-0.39, 0.29) is 6.10 Å². The number of nitrogens with zero attached hydrogens (tertiary/aromatic N) is 2. The fourth-order valence-corrected chi connectivity index (χ4v) is 2.02. The molecule has 1 aromatic rings. The average Bonchev–Trinajstić information content (AvgIpc) is 2.67. The van der Waals surface area contributed by atoms with Crippen molar-refractivity contribution >= 4 is 5.57 Å². The van der Waals surface area contributed by atoms with Crippen molar-refractivity contribution < 1.29 is 5.11 Å². The maximum absolute atomic E-state index is 9.55. The quantitative estimate of drug-likeness (QED) is 0.823. The molecular weight excluding hydrogens is 188 g/mol. The molecule has 1 aromatic heterocycles. The lowest BCUT2D eigenvalue weighted by Crippen LogP contribution is -2.08. The highest BCUT2D eigenvalue weighted by molar-refractivity contribution is 5.65. The molecule has 0 aliphatic heterocycles. The van der Waals surface area contributed by atoms with Crippen LogP contribution in [0, 0.1) is 0 Å². The first-order chi connectivity index (χ1) is 7.29. The van der Waals surface area contributed by atoms with Gasteiger partial charge in [0.25, 0.3) is 0 Å². The minimum Gasteiger partial charge on any atom is -0.389 e. The fourth-order valence-electron chi connectivity index (χ4n) is 2.02. The number of aryl methyl sites for hydroxylation is 1. The van der Waals surface area contributed by atoms with Gasteiger partial charge in [0.05, 0.1) is 12.3 Å². The summed E-state index contributed by atoms with van der Waals surface area (Å²) < 4.78 is 1.97. The lowest BCUT2D eigenvalue weighted by Gasteiger charge is -2.15. The molecule has 0 saturated heterocycles. The van der Waals surface area contributed by atoms with Crippen LogP contribution in [0.5, 0.6) is 0 Å². The Hall–Kier alpha value is -1.09. The molecule has 1 N–H and O–H groups in total. The van der Waals surface area contributed by atoms with Gasteiger partial charge in [-0.05, 0) is 31.3 Å². The van der Waals surface area contributed by atoms with Crippen LogP contribution >= 0.6 is 0 Å². The monoisotopic (exact) mass is 206 g/mol. The van der Waals surface area contributed by atoms with E-state index in [0.717, 1.165) is 32.2 Å². The molecule has 1 aliphatic carbocycles. The predicted octanol–water partition coefficient (Wildman–Crippen LogP) is 2.22. The molecule has 15 heavy (non-hydrogen) atoms. The molecule has 1 unspecified atom stereocenters. The minimum absolute atomic E-state index is 0.261. The van der Waals surface area contributed by atoms with E-state index >= 15 is 0 Å². The number of hydrogen-bond acceptors (Lipinski definition) is 2. The van der Waals surface area contributed by atoms with Gasteiger partial charge in [-0.3, -0.25) is 4.68 Å². The van der Waals surface area contributed by atoms with E-state index in [4.69, 9.17) is 0 Å². The first-order valence-electron chi connectivity index (χ1n) is 5.71. The Morgan fingerprint density at radius 3 is 3.20 bits per heavy atom. The molecule has 1 heterocycles. The van der Waals surface area contributed by atoms with Crippen molar-refractivity contribution in [1.82, 2.24) is 9.78 Å². The summed E-state index contributed by atoms with van der Waals surface area (Å²) >= 11 is 0. The lowest BCUT2D eigenvalue weighted by molar-refractivity contribution is 0.206. The molecule has 3 heteroatoms. The van der Waals surface area contributed by atoms with Gasteiger partial charge in [-0.2, -0.15) is 5.10 Å². The Balaban J connectivity index is 2.14. The van der Waals surface area contributed by atoms with E-state index in [0.29, 0.717) is 0 Å². The van der Waals surface area contributed by atoms with Gasteiger partial charge >= 0.3 is 0 Å². The molecule has 82 valence electrons. The van der Waals surface area contributed by atoms with E-state index in [9.17, 15) is 5.11 Å². The van der Waals surface area contributed by atoms with Gasteiger partial charge in [-0.15, -0.1) is 0 Å². The summed E-state index contributed by atoms with van der Waals surface area (Å²) in [5.41, 5.74) is 2.42. The third-order valence-electron chi connectivity index (χ3n) is 2.80. The maximum Gasteiger partial charge on any atom is 0.0726 e. The van der Waals surface area contributed by atoms with Crippen LogP contribution in [0.3, 0.4) is 0 Å². The van der Waals surface area contributed by atoms with Crippen LogP contribution in [0.25, 0.3) is 5.57 Å². The molecule has 1 atom stereocenters. The third kappa shape index (κ3) is 2.48. The summed E-state index contributed by atoms with van der Waals surface area (Å²) in [6.07, 6.45) is 9.82. The SMILES string of the molecule is CCCn1cc(C2=CC(O)CCC2)cn1. The first-order valence-corrected chi connectivity index (χ1v) is 5.71. The topological polar surface area (TPSA) is 38.0 Å². The molecular formula is C12H18N2O. The van der Waals surface area contributed by atoms with Crippen molar-refractivity contribution in [2.75, 3.05) is 0 Å². The highest BCUT2D eigenvalue weighted by atomic mass is 16.3. The summed E-state index contributed by atoms with van der Waals surface area (Å²) in [4.78, 5) is 0. The second-order valence-corrected chi connectivity index (χ2v) is 4.14. The number of allylic oxidation sites excluding steroid dienone is 1. The molecule has 0 spiro atoms. The summed E-state index contributed by atoms with van der Waals surface area (Å²) in [6.45, 7) is 3.11. The molecule has 1 aliphatic rings. The summed E-state index contributed by atoms with van der Waals surface area (Å²) in [5, 5.41) is 13.8. The molecule has 0 fully saturated rings. The highest BCUT2D eigenvalue weighted by Crippen LogP contribution is 2.26. The summed E-state index contributed by atoms with van der Waals surface area (Å²) in [6, 6.07) is 0. The van der Waals surface area contributed by atoms with E-state index in [1.165, 1.54) is 11.1 Å². The summed E-state index contributed by atoms with van der Waals surface area (Å²) in [7, 11) is 0. The molecule has 0 amide bonds. The van der Waals surface area contributed by atoms with Crippen molar-refractivity contribution in [3.63, 3.8) is 0 Å². The van der Waals surface area contributed by atoms with Crippen LogP contribution in [0.2, 0.25) is 0 Å². The molecule has 2 rings (SSSR count). The number of aliphatic hydroxyl groups excluding tert-OH is 1. The van der Waals surface area contributed by atoms with Gasteiger partial charge in [-0.25, -0.2) is 0 Å². The van der Waals surface area contributed by atoms with Gasteiger partial charge in [0.1, 0.15) is 0 Å². The van der Waals surface area contributed by atoms with Crippen molar-refractivity contribution in [3.8, 4) is 0 Å². The van der Waals surface area contributed by atoms with Gasteiger partial charge in [0, 0.05) is 18.3 Å². The number of hydrogen-bond donors (Lipinski definition) is 1. The van der Waals surface area contributed by atoms with Crippen LogP contribution in [0.4, 0.5) is 0 Å². The van der Waals surface area contributed by atoms with Crippen LogP contribution in [-0.2, 0) is 6.54 Å². The Kier molecular flexibility index (Phi) is 3.21. The van der Waals surface area contributed by atoms with Crippen LogP contribution < -0.4 is 0 Å². The van der Waals surface area contributed by atoms with Crippen molar-refractivity contribution in [2.24, 2.45) is 0 Å². The summed E-state index contributed by atoms with van der Waals surface area (Å²) in [5.74, 6) is 0. The van der Waals surface area contributed by atoms with Crippen LogP contribution in [0.1, 0.15) is 38.2 Å². The predicted molar refractivity (Wildman–Crippen MR) is 60.4 cm³/mol. The van der Waals surface area contributed by atoms with Crippen molar-refractivity contribution in [3.05, 3.63) is 24.0 Å². The minimum atomic E-state index is -0.261. The lowest BCUT2D eigenvalue weighted by atomic mass is 9.94. The zero-order valence-corrected chi connectivity index (χ0v) is 9.19. The molecule has 0 saturated carbocycles. The molecule has 0 aromatic carbocycles. The number of aliphatic hydroxyl groups is 1. The van der Waals surface area contributed by atoms with Gasteiger partial charge in [-0.1, -0.05) is 13.0 Å².